The van der Waals surface area contributed by atoms with E-state index in [1.807, 2.05) is 5.32 Å². The molecule has 1 aliphatic heterocycles. The van der Waals surface area contributed by atoms with Crippen LogP contribution in [0.1, 0.15) is 5.56 Å². The number of amides is 3. The molecule has 148 valence electrons. The Labute approximate surface area is 157 Å². The van der Waals surface area contributed by atoms with Gasteiger partial charge < -0.3 is 19.5 Å². The molecule has 0 fully saturated rings. The van der Waals surface area contributed by atoms with Crippen molar-refractivity contribution in [3.8, 4) is 17.2 Å². The highest BCUT2D eigenvalue weighted by Gasteiger charge is 2.30. The maximum Gasteiger partial charge on any atom is 0.416 e. The number of alkyl halides is 3. The predicted octanol–water partition coefficient (Wildman–Crippen LogP) is 3.20. The summed E-state index contributed by atoms with van der Waals surface area (Å²) in [6, 6.07) is 7.98. The standard InChI is InChI=1S/C18H15F3N2O5/c19-18(20,21)11-2-1-3-13(8-11)28-10-16(24)23-17(25)22-12-4-5-14-15(9-12)27-7-6-26-14/h1-5,8-9H,6-7,10H2,(H2,22,23,24,25). The molecule has 0 saturated heterocycles. The first-order valence-electron chi connectivity index (χ1n) is 8.12. The lowest BCUT2D eigenvalue weighted by Crippen LogP contribution is -2.37. The number of imide groups is 1. The van der Waals surface area contributed by atoms with E-state index < -0.39 is 30.3 Å². The van der Waals surface area contributed by atoms with Gasteiger partial charge in [-0.2, -0.15) is 13.2 Å². The Balaban J connectivity index is 1.50. The second-order valence-electron chi connectivity index (χ2n) is 5.68. The third-order valence-corrected chi connectivity index (χ3v) is 3.58. The molecule has 10 heteroatoms. The topological polar surface area (TPSA) is 85.9 Å². The van der Waals surface area contributed by atoms with Gasteiger partial charge in [-0.15, -0.1) is 0 Å². The van der Waals surface area contributed by atoms with Gasteiger partial charge in [0.05, 0.1) is 5.56 Å². The van der Waals surface area contributed by atoms with Crippen LogP contribution in [0.2, 0.25) is 0 Å². The lowest BCUT2D eigenvalue weighted by molar-refractivity contribution is -0.137. The van der Waals surface area contributed by atoms with Crippen molar-refractivity contribution in [1.82, 2.24) is 5.32 Å². The first-order valence-corrected chi connectivity index (χ1v) is 8.12. The summed E-state index contributed by atoms with van der Waals surface area (Å²) in [6.45, 7) is 0.185. The molecule has 1 aliphatic rings. The summed E-state index contributed by atoms with van der Waals surface area (Å²) in [5, 5.41) is 4.45. The second-order valence-corrected chi connectivity index (χ2v) is 5.68. The number of urea groups is 1. The molecule has 28 heavy (non-hydrogen) atoms. The first-order chi connectivity index (χ1) is 13.3. The Hall–Kier alpha value is -3.43. The molecule has 0 unspecified atom stereocenters. The molecule has 1 heterocycles. The van der Waals surface area contributed by atoms with Crippen molar-refractivity contribution in [3.63, 3.8) is 0 Å². The maximum atomic E-state index is 12.6. The molecule has 0 bridgehead atoms. The largest absolute Gasteiger partial charge is 0.486 e. The Morgan fingerprint density at radius 2 is 1.79 bits per heavy atom. The average molecular weight is 396 g/mol. The number of nitrogens with one attached hydrogen (secondary N) is 2. The molecule has 0 spiro atoms. The van der Waals surface area contributed by atoms with Crippen LogP contribution in [-0.2, 0) is 11.0 Å². The molecule has 0 saturated carbocycles. The van der Waals surface area contributed by atoms with Crippen LogP contribution in [0.25, 0.3) is 0 Å². The smallest absolute Gasteiger partial charge is 0.416 e. The van der Waals surface area contributed by atoms with Gasteiger partial charge in [0.1, 0.15) is 19.0 Å². The van der Waals surface area contributed by atoms with Crippen LogP contribution >= 0.6 is 0 Å². The molecule has 0 radical (unpaired) electrons. The minimum atomic E-state index is -4.52. The maximum absolute atomic E-state index is 12.6. The molecular weight excluding hydrogens is 381 g/mol. The van der Waals surface area contributed by atoms with E-state index in [2.05, 4.69) is 5.32 Å². The number of fused-ring (bicyclic) bond motifs is 1. The summed E-state index contributed by atoms with van der Waals surface area (Å²) in [7, 11) is 0. The van der Waals surface area contributed by atoms with E-state index in [-0.39, 0.29) is 5.75 Å². The molecule has 0 atom stereocenters. The normalized spacial score (nSPS) is 12.8. The monoisotopic (exact) mass is 396 g/mol. The fraction of sp³-hybridized carbons (Fsp3) is 0.222. The molecule has 2 N–H and O–H groups in total. The Morgan fingerprint density at radius 3 is 2.54 bits per heavy atom. The summed E-state index contributed by atoms with van der Waals surface area (Å²) in [5.74, 6) is 0.0377. The average Bonchev–Trinajstić information content (AvgIpc) is 2.66. The zero-order chi connectivity index (χ0) is 20.1. The SMILES string of the molecule is O=C(COc1cccc(C(F)(F)F)c1)NC(=O)Nc1ccc2c(c1)OCCO2. The Kier molecular flexibility index (Phi) is 5.57. The van der Waals surface area contributed by atoms with Crippen molar-refractivity contribution in [3.05, 3.63) is 48.0 Å². The van der Waals surface area contributed by atoms with Crippen LogP contribution in [0.3, 0.4) is 0 Å². The summed E-state index contributed by atoms with van der Waals surface area (Å²) in [4.78, 5) is 23.6. The van der Waals surface area contributed by atoms with Crippen molar-refractivity contribution < 1.29 is 37.0 Å². The van der Waals surface area contributed by atoms with E-state index in [1.165, 1.54) is 12.1 Å². The fourth-order valence-electron chi connectivity index (χ4n) is 2.36. The number of halogens is 3. The highest BCUT2D eigenvalue weighted by molar-refractivity contribution is 6.01. The van der Waals surface area contributed by atoms with E-state index in [9.17, 15) is 22.8 Å². The van der Waals surface area contributed by atoms with Crippen LogP contribution in [0, 0.1) is 0 Å². The van der Waals surface area contributed by atoms with Crippen LogP contribution in [-0.4, -0.2) is 31.8 Å². The van der Waals surface area contributed by atoms with E-state index in [0.717, 1.165) is 18.2 Å². The molecule has 3 amide bonds. The Morgan fingerprint density at radius 1 is 1.04 bits per heavy atom. The van der Waals surface area contributed by atoms with Gasteiger partial charge in [-0.3, -0.25) is 10.1 Å². The predicted molar refractivity (Wildman–Crippen MR) is 91.5 cm³/mol. The van der Waals surface area contributed by atoms with Gasteiger partial charge in [0.15, 0.2) is 18.1 Å². The van der Waals surface area contributed by atoms with E-state index in [4.69, 9.17) is 14.2 Å². The van der Waals surface area contributed by atoms with Gasteiger partial charge in [-0.25, -0.2) is 4.79 Å². The van der Waals surface area contributed by atoms with E-state index in [1.54, 1.807) is 12.1 Å². The van der Waals surface area contributed by atoms with E-state index >= 15 is 0 Å². The van der Waals surface area contributed by atoms with Crippen molar-refractivity contribution in [2.75, 3.05) is 25.1 Å². The van der Waals surface area contributed by atoms with Crippen LogP contribution < -0.4 is 24.8 Å². The van der Waals surface area contributed by atoms with Gasteiger partial charge in [-0.05, 0) is 30.3 Å². The van der Waals surface area contributed by atoms with E-state index in [0.29, 0.717) is 30.4 Å². The lowest BCUT2D eigenvalue weighted by Gasteiger charge is -2.19. The van der Waals surface area contributed by atoms with Gasteiger partial charge in [-0.1, -0.05) is 6.07 Å². The number of hydrogen-bond donors (Lipinski definition) is 2. The van der Waals surface area contributed by atoms with Crippen molar-refractivity contribution in [2.24, 2.45) is 0 Å². The lowest BCUT2D eigenvalue weighted by atomic mass is 10.2. The van der Waals surface area contributed by atoms with Gasteiger partial charge in [0, 0.05) is 11.8 Å². The fourth-order valence-corrected chi connectivity index (χ4v) is 2.36. The summed E-state index contributed by atoms with van der Waals surface area (Å²) >= 11 is 0. The van der Waals surface area contributed by atoms with Crippen molar-refractivity contribution in [1.29, 1.82) is 0 Å². The number of ether oxygens (including phenoxy) is 3. The van der Waals surface area contributed by atoms with Crippen LogP contribution in [0.15, 0.2) is 42.5 Å². The highest BCUT2D eigenvalue weighted by Crippen LogP contribution is 2.33. The van der Waals surface area contributed by atoms with Crippen molar-refractivity contribution in [2.45, 2.75) is 6.18 Å². The van der Waals surface area contributed by atoms with Crippen LogP contribution in [0.5, 0.6) is 17.2 Å². The van der Waals surface area contributed by atoms with Gasteiger partial charge >= 0.3 is 12.2 Å². The molecule has 2 aromatic rings. The number of carbonyl (C=O) groups excluding carboxylic acids is 2. The molecule has 2 aromatic carbocycles. The highest BCUT2D eigenvalue weighted by atomic mass is 19.4. The third-order valence-electron chi connectivity index (χ3n) is 3.58. The number of rotatable bonds is 4. The zero-order valence-corrected chi connectivity index (χ0v) is 14.3. The van der Waals surface area contributed by atoms with Crippen LogP contribution in [0.4, 0.5) is 23.7 Å². The molecule has 7 nitrogen and oxygen atoms in total. The van der Waals surface area contributed by atoms with Gasteiger partial charge in [0.25, 0.3) is 5.91 Å². The minimum absolute atomic E-state index is 0.141. The second kappa shape index (κ2) is 8.07. The van der Waals surface area contributed by atoms with Crippen molar-refractivity contribution >= 4 is 17.6 Å². The number of carbonyl (C=O) groups is 2. The quantitative estimate of drug-likeness (QED) is 0.829. The third kappa shape index (κ3) is 5.06. The number of anilines is 1. The summed E-state index contributed by atoms with van der Waals surface area (Å²) in [6.07, 6.45) is -4.52. The molecule has 0 aromatic heterocycles. The Bertz CT molecular complexity index is 886. The van der Waals surface area contributed by atoms with Gasteiger partial charge in [0.2, 0.25) is 0 Å². The summed E-state index contributed by atoms with van der Waals surface area (Å²) in [5.41, 5.74) is -0.532. The molecular formula is C18H15F3N2O5. The molecule has 0 aliphatic carbocycles. The zero-order valence-electron chi connectivity index (χ0n) is 14.3. The number of benzene rings is 2. The summed E-state index contributed by atoms with van der Waals surface area (Å²) < 4.78 is 53.7. The minimum Gasteiger partial charge on any atom is -0.486 e. The first kappa shape index (κ1) is 19.3. The number of hydrogen-bond acceptors (Lipinski definition) is 5. The molecule has 3 rings (SSSR count).